The van der Waals surface area contributed by atoms with E-state index in [1.165, 1.54) is 29.9 Å². The molecular weight excluding hydrogens is 548 g/mol. The van der Waals surface area contributed by atoms with E-state index in [1.807, 2.05) is 0 Å². The van der Waals surface area contributed by atoms with Crippen molar-refractivity contribution in [1.82, 2.24) is 5.32 Å². The number of carbonyl (C=O) groups excluding carboxylic acids is 4. The molecule has 3 aliphatic heterocycles. The Hall–Kier alpha value is -3.06. The number of esters is 3. The van der Waals surface area contributed by atoms with Gasteiger partial charge in [0, 0.05) is 24.0 Å². The van der Waals surface area contributed by atoms with Gasteiger partial charge in [-0.1, -0.05) is 37.6 Å². The fourth-order valence-electron chi connectivity index (χ4n) is 7.16. The molecule has 0 radical (unpaired) electrons. The Morgan fingerprint density at radius 1 is 1.12 bits per heavy atom. The quantitative estimate of drug-likeness (QED) is 0.160. The average molecular weight is 589 g/mol. The number of rotatable bonds is 4. The number of hydrogen-bond acceptors (Lipinski definition) is 11. The van der Waals surface area contributed by atoms with Gasteiger partial charge in [0.2, 0.25) is 5.91 Å². The third kappa shape index (κ3) is 5.29. The van der Waals surface area contributed by atoms with Crippen molar-refractivity contribution < 1.29 is 47.6 Å². The van der Waals surface area contributed by atoms with E-state index in [2.05, 4.69) is 25.2 Å². The summed E-state index contributed by atoms with van der Waals surface area (Å²) in [6.45, 7) is 5.88. The number of allylic oxidation sites excluding steroid dienone is 3. The highest BCUT2D eigenvalue weighted by Crippen LogP contribution is 2.72. The van der Waals surface area contributed by atoms with Crippen LogP contribution in [0, 0.1) is 16.7 Å². The van der Waals surface area contributed by atoms with E-state index >= 15 is 0 Å². The molecule has 0 unspecified atom stereocenters. The second-order valence-corrected chi connectivity index (χ2v) is 12.1. The van der Waals surface area contributed by atoms with Crippen molar-refractivity contribution in [2.75, 3.05) is 33.1 Å². The van der Waals surface area contributed by atoms with E-state index in [1.54, 1.807) is 6.92 Å². The molecule has 230 valence electrons. The number of carbonyl (C=O) groups is 4. The third-order valence-electron chi connectivity index (χ3n) is 9.81. The molecule has 12 nitrogen and oxygen atoms in total. The summed E-state index contributed by atoms with van der Waals surface area (Å²) in [4.78, 5) is 50.4. The first kappa shape index (κ1) is 30.4. The van der Waals surface area contributed by atoms with Crippen molar-refractivity contribution in [3.05, 3.63) is 36.0 Å². The summed E-state index contributed by atoms with van der Waals surface area (Å²) in [6, 6.07) is 0. The van der Waals surface area contributed by atoms with Crippen molar-refractivity contribution in [3.8, 4) is 0 Å². The van der Waals surface area contributed by atoms with E-state index < -0.39 is 58.4 Å². The fraction of sp³-hybridized carbons (Fsp3) is 0.667. The average Bonchev–Trinajstić information content (AvgIpc) is 3.74. The summed E-state index contributed by atoms with van der Waals surface area (Å²) in [5.74, 6) is -2.65. The van der Waals surface area contributed by atoms with E-state index in [0.29, 0.717) is 25.9 Å². The second-order valence-electron chi connectivity index (χ2n) is 12.1. The van der Waals surface area contributed by atoms with Gasteiger partial charge >= 0.3 is 17.9 Å². The molecule has 1 amide bonds. The molecule has 5 aliphatic rings. The lowest BCUT2D eigenvalue weighted by atomic mass is 9.51. The molecule has 3 N–H and O–H groups in total. The van der Waals surface area contributed by atoms with Crippen LogP contribution in [0.15, 0.2) is 36.0 Å². The summed E-state index contributed by atoms with van der Waals surface area (Å²) in [5.41, 5.74) is 4.41. The van der Waals surface area contributed by atoms with Gasteiger partial charge in [-0.25, -0.2) is 14.4 Å². The van der Waals surface area contributed by atoms with Crippen LogP contribution in [-0.2, 0) is 47.6 Å². The first-order valence-electron chi connectivity index (χ1n) is 14.5. The largest absolute Gasteiger partial charge is 0.463 e. The minimum Gasteiger partial charge on any atom is -0.463 e. The lowest BCUT2D eigenvalue weighted by Gasteiger charge is -2.58. The highest BCUT2D eigenvalue weighted by molar-refractivity contribution is 5.84. The van der Waals surface area contributed by atoms with Crippen molar-refractivity contribution in [2.45, 2.75) is 76.5 Å². The number of nitrogens with one attached hydrogen (secondary N) is 1. The predicted octanol–water partition coefficient (Wildman–Crippen LogP) is 1.23. The Morgan fingerprint density at radius 3 is 2.57 bits per heavy atom. The summed E-state index contributed by atoms with van der Waals surface area (Å²) in [7, 11) is 0. The smallest absolute Gasteiger partial charge is 0.335 e. The highest BCUT2D eigenvalue weighted by Gasteiger charge is 2.83. The molecule has 42 heavy (non-hydrogen) atoms. The summed E-state index contributed by atoms with van der Waals surface area (Å²) >= 11 is 0. The fourth-order valence-corrected chi connectivity index (χ4v) is 7.16. The lowest BCUT2D eigenvalue weighted by molar-refractivity contribution is -0.235. The van der Waals surface area contributed by atoms with Crippen molar-refractivity contribution in [3.63, 3.8) is 0 Å². The molecule has 8 atom stereocenters. The molecule has 3 heterocycles. The third-order valence-corrected chi connectivity index (χ3v) is 9.81. The van der Waals surface area contributed by atoms with Crippen LogP contribution >= 0.6 is 0 Å². The molecule has 2 aliphatic carbocycles. The lowest BCUT2D eigenvalue weighted by Crippen LogP contribution is -2.67. The predicted molar refractivity (Wildman–Crippen MR) is 146 cm³/mol. The number of hydrogen-bond donors (Lipinski definition) is 2. The van der Waals surface area contributed by atoms with Gasteiger partial charge < -0.3 is 39.5 Å². The maximum absolute atomic E-state index is 13.7. The van der Waals surface area contributed by atoms with E-state index in [-0.39, 0.29) is 38.7 Å². The molecule has 0 aromatic carbocycles. The first-order chi connectivity index (χ1) is 20.1. The molecule has 3 fully saturated rings. The van der Waals surface area contributed by atoms with Crippen LogP contribution < -0.4 is 11.1 Å². The zero-order valence-corrected chi connectivity index (χ0v) is 24.3. The maximum atomic E-state index is 13.7. The van der Waals surface area contributed by atoms with E-state index in [9.17, 15) is 19.2 Å². The molecular formula is C30H40N2O10. The van der Waals surface area contributed by atoms with Crippen LogP contribution in [-0.4, -0.2) is 86.9 Å². The summed E-state index contributed by atoms with van der Waals surface area (Å²) in [5, 5.41) is 2.51. The normalized spacial score (nSPS) is 41.7. The van der Waals surface area contributed by atoms with Gasteiger partial charge in [-0.15, -0.1) is 0 Å². The van der Waals surface area contributed by atoms with E-state index in [4.69, 9.17) is 34.2 Å². The van der Waals surface area contributed by atoms with Crippen LogP contribution in [0.25, 0.3) is 0 Å². The second kappa shape index (κ2) is 11.9. The molecule has 2 spiro atoms. The Kier molecular flexibility index (Phi) is 8.62. The topological polar surface area (TPSA) is 165 Å². The zero-order chi connectivity index (χ0) is 30.1. The van der Waals surface area contributed by atoms with E-state index in [0.717, 1.165) is 6.42 Å². The van der Waals surface area contributed by atoms with Crippen LogP contribution in [0.5, 0.6) is 0 Å². The SMILES string of the molecule is CC1=C[C@H]2O[C@@H]3C[C@H]4OC(=O)/C=C\C=C\C(=O)OCC[C@@H](C)[C@H](OCNC(=O)CN)C(=O)OC[C@@]2(CC1)[C@]4(C)[C@]31CO1. The number of amides is 1. The molecule has 2 saturated heterocycles. The Morgan fingerprint density at radius 2 is 1.86 bits per heavy atom. The molecule has 12 heteroatoms. The first-order valence-corrected chi connectivity index (χ1v) is 14.5. The minimum atomic E-state index is -1.07. The summed E-state index contributed by atoms with van der Waals surface area (Å²) < 4.78 is 36.0. The van der Waals surface area contributed by atoms with Gasteiger partial charge in [0.1, 0.15) is 25.0 Å². The van der Waals surface area contributed by atoms with Crippen LogP contribution in [0.2, 0.25) is 0 Å². The summed E-state index contributed by atoms with van der Waals surface area (Å²) in [6.07, 6.45) is 7.24. The number of nitrogens with two attached hydrogens (primary N) is 1. The standard InChI is InChI=1S/C30H40N2O10/c1-18-8-10-29-15-38-27(36)26(39-17-32-23(33)14-31)19(2)9-11-37-24(34)6-4-5-7-25(35)42-20-13-22(41-21(29)12-18)30(16-40-30)28(20,29)3/h4-7,12,19-22,26H,8-11,13-17,31H2,1-3H3,(H,32,33)/b6-4+,7-5-/t19-,20-,21-,22-,26+,28-,29-,30+/m1/s1. The van der Waals surface area contributed by atoms with Crippen molar-refractivity contribution in [1.29, 1.82) is 0 Å². The monoisotopic (exact) mass is 588 g/mol. The zero-order valence-electron chi connectivity index (χ0n) is 24.3. The van der Waals surface area contributed by atoms with Gasteiger partial charge in [0.05, 0.1) is 37.4 Å². The van der Waals surface area contributed by atoms with Crippen molar-refractivity contribution >= 4 is 23.8 Å². The Labute approximate surface area is 244 Å². The minimum absolute atomic E-state index is 0.0159. The van der Waals surface area contributed by atoms with Gasteiger partial charge in [-0.05, 0) is 32.1 Å². The molecule has 0 aromatic rings. The Balaban J connectivity index is 1.49. The van der Waals surface area contributed by atoms with Gasteiger partial charge in [-0.3, -0.25) is 4.79 Å². The van der Waals surface area contributed by atoms with Gasteiger partial charge in [-0.2, -0.15) is 0 Å². The maximum Gasteiger partial charge on any atom is 0.335 e. The van der Waals surface area contributed by atoms with Crippen molar-refractivity contribution in [2.24, 2.45) is 22.5 Å². The molecule has 2 bridgehead atoms. The number of ether oxygens (including phenoxy) is 6. The highest BCUT2D eigenvalue weighted by atomic mass is 16.6. The molecule has 5 rings (SSSR count). The molecule has 0 aromatic heterocycles. The Bertz CT molecular complexity index is 1190. The van der Waals surface area contributed by atoms with Crippen LogP contribution in [0.4, 0.5) is 0 Å². The van der Waals surface area contributed by atoms with Gasteiger partial charge in [0.25, 0.3) is 0 Å². The number of cyclic esters (lactones) is 2. The van der Waals surface area contributed by atoms with Crippen LogP contribution in [0.3, 0.4) is 0 Å². The molecule has 1 saturated carbocycles. The van der Waals surface area contributed by atoms with Crippen LogP contribution in [0.1, 0.15) is 46.5 Å². The number of epoxide rings is 1. The van der Waals surface area contributed by atoms with Gasteiger partial charge in [0.15, 0.2) is 6.10 Å².